The molecule has 150 valence electrons. The molecular formula is C19H21F3N4O2. The van der Waals surface area contributed by atoms with Crippen LogP contribution in [0.1, 0.15) is 34.5 Å². The number of likely N-dealkylation sites (N-methyl/N-ethyl adjacent to an activating group) is 1. The molecule has 3 rings (SSSR count). The minimum absolute atomic E-state index is 0.202. The van der Waals surface area contributed by atoms with Crippen LogP contribution in [0.2, 0.25) is 0 Å². The summed E-state index contributed by atoms with van der Waals surface area (Å²) in [5, 5.41) is 3.80. The number of carbonyl (C=O) groups excluding carboxylic acids is 2. The summed E-state index contributed by atoms with van der Waals surface area (Å²) in [5.74, 6) is -1.16. The summed E-state index contributed by atoms with van der Waals surface area (Å²) in [4.78, 5) is 27.5. The van der Waals surface area contributed by atoms with E-state index in [0.29, 0.717) is 17.8 Å². The molecular weight excluding hydrogens is 373 g/mol. The van der Waals surface area contributed by atoms with Crippen molar-refractivity contribution < 1.29 is 22.8 Å². The quantitative estimate of drug-likeness (QED) is 0.801. The third-order valence-corrected chi connectivity index (χ3v) is 4.72. The Kier molecular flexibility index (Phi) is 5.44. The summed E-state index contributed by atoms with van der Waals surface area (Å²) in [5.41, 5.74) is -0.639. The van der Waals surface area contributed by atoms with Gasteiger partial charge in [0.25, 0.3) is 5.91 Å². The number of rotatable bonds is 4. The van der Waals surface area contributed by atoms with Gasteiger partial charge in [0.2, 0.25) is 5.91 Å². The summed E-state index contributed by atoms with van der Waals surface area (Å²) in [6, 6.07) is 6.35. The first-order valence-electron chi connectivity index (χ1n) is 8.94. The highest BCUT2D eigenvalue weighted by molar-refractivity contribution is 5.97. The standard InChI is InChI=1S/C19H21F3N4O2/c1-13-5-7-14(8-6-13)26-17(19(20,21)22)15(11-23-26)18(28)24(2)12-16(27)25-9-3-4-10-25/h5-8,11H,3-4,9-10,12H2,1-2H3. The average Bonchev–Trinajstić information content (AvgIpc) is 3.31. The molecule has 1 aromatic carbocycles. The molecule has 2 aromatic rings. The molecule has 1 aromatic heterocycles. The van der Waals surface area contributed by atoms with Gasteiger partial charge < -0.3 is 9.80 Å². The number of hydrogen-bond acceptors (Lipinski definition) is 3. The molecule has 2 heterocycles. The fourth-order valence-electron chi connectivity index (χ4n) is 3.21. The van der Waals surface area contributed by atoms with E-state index in [4.69, 9.17) is 0 Å². The van der Waals surface area contributed by atoms with E-state index in [1.807, 2.05) is 6.92 Å². The zero-order valence-corrected chi connectivity index (χ0v) is 15.7. The van der Waals surface area contributed by atoms with Gasteiger partial charge in [-0.3, -0.25) is 9.59 Å². The van der Waals surface area contributed by atoms with E-state index in [-0.39, 0.29) is 18.1 Å². The maximum absolute atomic E-state index is 13.7. The smallest absolute Gasteiger partial charge is 0.341 e. The Morgan fingerprint density at radius 3 is 2.32 bits per heavy atom. The van der Waals surface area contributed by atoms with Crippen molar-refractivity contribution in [2.24, 2.45) is 0 Å². The van der Waals surface area contributed by atoms with Crippen LogP contribution in [-0.2, 0) is 11.0 Å². The number of likely N-dealkylation sites (tertiary alicyclic amines) is 1. The van der Waals surface area contributed by atoms with Crippen LogP contribution in [-0.4, -0.2) is 58.1 Å². The SMILES string of the molecule is Cc1ccc(-n2ncc(C(=O)N(C)CC(=O)N3CCCC3)c2C(F)(F)F)cc1. The number of benzene rings is 1. The van der Waals surface area contributed by atoms with E-state index >= 15 is 0 Å². The Labute approximate surface area is 160 Å². The van der Waals surface area contributed by atoms with Crippen molar-refractivity contribution in [3.8, 4) is 5.69 Å². The molecule has 0 radical (unpaired) electrons. The van der Waals surface area contributed by atoms with Crippen LogP contribution in [0.15, 0.2) is 30.5 Å². The second kappa shape index (κ2) is 7.65. The van der Waals surface area contributed by atoms with Gasteiger partial charge in [-0.05, 0) is 31.9 Å². The molecule has 1 aliphatic rings. The van der Waals surface area contributed by atoms with Gasteiger partial charge in [-0.15, -0.1) is 0 Å². The van der Waals surface area contributed by atoms with E-state index in [0.717, 1.165) is 29.5 Å². The number of carbonyl (C=O) groups is 2. The number of aryl methyl sites for hydroxylation is 1. The highest BCUT2D eigenvalue weighted by atomic mass is 19.4. The zero-order valence-electron chi connectivity index (χ0n) is 15.7. The third-order valence-electron chi connectivity index (χ3n) is 4.72. The molecule has 1 saturated heterocycles. The molecule has 0 atom stereocenters. The summed E-state index contributed by atoms with van der Waals surface area (Å²) in [6.07, 6.45) is -2.09. The molecule has 1 aliphatic heterocycles. The van der Waals surface area contributed by atoms with Crippen LogP contribution in [0.4, 0.5) is 13.2 Å². The number of amides is 2. The Morgan fingerprint density at radius 2 is 1.75 bits per heavy atom. The molecule has 0 spiro atoms. The monoisotopic (exact) mass is 394 g/mol. The molecule has 0 N–H and O–H groups in total. The van der Waals surface area contributed by atoms with Crippen LogP contribution >= 0.6 is 0 Å². The topological polar surface area (TPSA) is 58.4 Å². The molecule has 0 saturated carbocycles. The van der Waals surface area contributed by atoms with Gasteiger partial charge in [0.1, 0.15) is 0 Å². The van der Waals surface area contributed by atoms with Crippen LogP contribution in [0.25, 0.3) is 5.69 Å². The highest BCUT2D eigenvalue weighted by Crippen LogP contribution is 2.34. The number of alkyl halides is 3. The molecule has 6 nitrogen and oxygen atoms in total. The van der Waals surface area contributed by atoms with Gasteiger partial charge in [-0.25, -0.2) is 4.68 Å². The molecule has 0 bridgehead atoms. The van der Waals surface area contributed by atoms with E-state index < -0.39 is 23.3 Å². The Morgan fingerprint density at radius 1 is 1.14 bits per heavy atom. The maximum atomic E-state index is 13.7. The largest absolute Gasteiger partial charge is 0.434 e. The van der Waals surface area contributed by atoms with Gasteiger partial charge in [-0.2, -0.15) is 18.3 Å². The predicted molar refractivity (Wildman–Crippen MR) is 96.1 cm³/mol. The van der Waals surface area contributed by atoms with Gasteiger partial charge in [0, 0.05) is 20.1 Å². The van der Waals surface area contributed by atoms with Crippen molar-refractivity contribution in [3.05, 3.63) is 47.3 Å². The lowest BCUT2D eigenvalue weighted by Gasteiger charge is -2.21. The minimum atomic E-state index is -4.79. The van der Waals surface area contributed by atoms with Crippen LogP contribution in [0.5, 0.6) is 0 Å². The van der Waals surface area contributed by atoms with Crippen LogP contribution < -0.4 is 0 Å². The van der Waals surface area contributed by atoms with Crippen molar-refractivity contribution in [2.75, 3.05) is 26.7 Å². The molecule has 28 heavy (non-hydrogen) atoms. The van der Waals surface area contributed by atoms with E-state index in [2.05, 4.69) is 5.10 Å². The number of aromatic nitrogens is 2. The maximum Gasteiger partial charge on any atom is 0.434 e. The Bertz CT molecular complexity index is 868. The minimum Gasteiger partial charge on any atom is -0.341 e. The molecule has 9 heteroatoms. The van der Waals surface area contributed by atoms with E-state index in [1.54, 1.807) is 17.0 Å². The van der Waals surface area contributed by atoms with Gasteiger partial charge in [-0.1, -0.05) is 17.7 Å². The second-order valence-electron chi connectivity index (χ2n) is 6.90. The van der Waals surface area contributed by atoms with Crippen LogP contribution in [0.3, 0.4) is 0 Å². The second-order valence-corrected chi connectivity index (χ2v) is 6.90. The molecule has 2 amide bonds. The first kappa shape index (κ1) is 19.9. The van der Waals surface area contributed by atoms with Crippen molar-refractivity contribution >= 4 is 11.8 Å². The fourth-order valence-corrected chi connectivity index (χ4v) is 3.21. The lowest BCUT2D eigenvalue weighted by Crippen LogP contribution is -2.40. The first-order valence-corrected chi connectivity index (χ1v) is 8.94. The predicted octanol–water partition coefficient (Wildman–Crippen LogP) is 2.89. The molecule has 0 aliphatic carbocycles. The lowest BCUT2D eigenvalue weighted by atomic mass is 10.2. The van der Waals surface area contributed by atoms with Crippen LogP contribution in [0, 0.1) is 6.92 Å². The van der Waals surface area contributed by atoms with Crippen molar-refractivity contribution in [1.29, 1.82) is 0 Å². The van der Waals surface area contributed by atoms with E-state index in [9.17, 15) is 22.8 Å². The normalized spacial score (nSPS) is 14.4. The van der Waals surface area contributed by atoms with Gasteiger partial charge in [0.15, 0.2) is 5.69 Å². The first-order chi connectivity index (χ1) is 13.2. The number of hydrogen-bond donors (Lipinski definition) is 0. The zero-order chi connectivity index (χ0) is 20.5. The lowest BCUT2D eigenvalue weighted by molar-refractivity contribution is -0.143. The number of nitrogens with zero attached hydrogens (tertiary/aromatic N) is 4. The molecule has 0 unspecified atom stereocenters. The number of halogens is 3. The van der Waals surface area contributed by atoms with Gasteiger partial charge in [0.05, 0.1) is 24.0 Å². The summed E-state index contributed by atoms with van der Waals surface area (Å²) in [6.45, 7) is 2.77. The summed E-state index contributed by atoms with van der Waals surface area (Å²) < 4.78 is 41.9. The van der Waals surface area contributed by atoms with Crippen molar-refractivity contribution in [1.82, 2.24) is 19.6 Å². The Balaban J connectivity index is 1.89. The van der Waals surface area contributed by atoms with Crippen molar-refractivity contribution in [2.45, 2.75) is 25.9 Å². The van der Waals surface area contributed by atoms with Crippen molar-refractivity contribution in [3.63, 3.8) is 0 Å². The van der Waals surface area contributed by atoms with E-state index in [1.165, 1.54) is 19.2 Å². The average molecular weight is 394 g/mol. The summed E-state index contributed by atoms with van der Waals surface area (Å²) >= 11 is 0. The highest BCUT2D eigenvalue weighted by Gasteiger charge is 2.41. The van der Waals surface area contributed by atoms with Gasteiger partial charge >= 0.3 is 6.18 Å². The Hall–Kier alpha value is -2.84. The fraction of sp³-hybridized carbons (Fsp3) is 0.421. The third kappa shape index (κ3) is 4.02. The molecule has 1 fully saturated rings. The summed E-state index contributed by atoms with van der Waals surface area (Å²) in [7, 11) is 1.32.